The smallest absolute Gasteiger partial charge is 0.195 e. The number of rotatable bonds is 4. The predicted molar refractivity (Wildman–Crippen MR) is 113 cm³/mol. The first-order valence-electron chi connectivity index (χ1n) is 9.59. The van der Waals surface area contributed by atoms with Gasteiger partial charge >= 0.3 is 0 Å². The summed E-state index contributed by atoms with van der Waals surface area (Å²) in [6.45, 7) is 2.79. The fraction of sp³-hybridized carbons (Fsp3) is 0.273. The Balaban J connectivity index is 1.42. The molecule has 1 aromatic heterocycles. The number of carbonyl (C=O) groups excluding carboxylic acids is 1. The molecular formula is C22H19ClN2O3S. The Morgan fingerprint density at radius 2 is 2.03 bits per heavy atom. The molecule has 7 heteroatoms. The summed E-state index contributed by atoms with van der Waals surface area (Å²) in [6, 6.07) is 11.6. The Labute approximate surface area is 177 Å². The number of hydrogen-bond acceptors (Lipinski definition) is 6. The summed E-state index contributed by atoms with van der Waals surface area (Å²) in [7, 11) is 0. The summed E-state index contributed by atoms with van der Waals surface area (Å²) >= 11 is 8.20. The van der Waals surface area contributed by atoms with Crippen LogP contribution in [0.3, 0.4) is 0 Å². The third kappa shape index (κ3) is 3.64. The van der Waals surface area contributed by atoms with Gasteiger partial charge < -0.3 is 14.8 Å². The maximum Gasteiger partial charge on any atom is 0.195 e. The van der Waals surface area contributed by atoms with Crippen molar-refractivity contribution < 1.29 is 14.3 Å². The van der Waals surface area contributed by atoms with Gasteiger partial charge in [-0.25, -0.2) is 4.98 Å². The summed E-state index contributed by atoms with van der Waals surface area (Å²) in [5.41, 5.74) is 3.66. The molecule has 0 spiro atoms. The van der Waals surface area contributed by atoms with Crippen molar-refractivity contribution in [1.29, 1.82) is 0 Å². The molecule has 0 saturated heterocycles. The minimum absolute atomic E-state index is 0.00521. The quantitative estimate of drug-likeness (QED) is 0.630. The molecule has 5 rings (SSSR count). The lowest BCUT2D eigenvalue weighted by molar-refractivity contribution is 0.0992. The van der Waals surface area contributed by atoms with Crippen LogP contribution in [0, 0.1) is 0 Å². The van der Waals surface area contributed by atoms with Crippen LogP contribution in [-0.4, -0.2) is 30.5 Å². The highest BCUT2D eigenvalue weighted by atomic mass is 35.5. The number of hydrogen-bond donors (Lipinski definition) is 1. The Morgan fingerprint density at radius 3 is 2.90 bits per heavy atom. The van der Waals surface area contributed by atoms with Crippen LogP contribution in [-0.2, 0) is 19.4 Å². The average Bonchev–Trinajstić information content (AvgIpc) is 3.19. The van der Waals surface area contributed by atoms with Gasteiger partial charge in [0.2, 0.25) is 0 Å². The molecule has 3 heterocycles. The van der Waals surface area contributed by atoms with Gasteiger partial charge in [-0.1, -0.05) is 35.9 Å². The van der Waals surface area contributed by atoms with E-state index in [4.69, 9.17) is 21.1 Å². The first-order valence-corrected chi connectivity index (χ1v) is 10.8. The molecule has 0 bridgehead atoms. The van der Waals surface area contributed by atoms with Gasteiger partial charge in [-0.3, -0.25) is 4.79 Å². The molecule has 0 aliphatic carbocycles. The van der Waals surface area contributed by atoms with Crippen LogP contribution >= 0.6 is 22.9 Å². The molecule has 2 aliphatic rings. The zero-order valence-electron chi connectivity index (χ0n) is 15.7. The summed E-state index contributed by atoms with van der Waals surface area (Å²) in [5, 5.41) is 4.47. The number of nitrogens with one attached hydrogen (secondary N) is 1. The van der Waals surface area contributed by atoms with Gasteiger partial charge in [-0.2, -0.15) is 0 Å². The monoisotopic (exact) mass is 426 g/mol. The molecule has 0 radical (unpaired) electrons. The second kappa shape index (κ2) is 7.78. The minimum Gasteiger partial charge on any atom is -0.486 e. The lowest BCUT2D eigenvalue weighted by Gasteiger charge is -2.19. The number of aromatic nitrogens is 1. The van der Waals surface area contributed by atoms with E-state index < -0.39 is 0 Å². The first kappa shape index (κ1) is 18.6. The number of fused-ring (bicyclic) bond motifs is 2. The Hall–Kier alpha value is -2.41. The van der Waals surface area contributed by atoms with E-state index in [0.29, 0.717) is 29.0 Å². The second-order valence-corrected chi connectivity index (χ2v) is 8.51. The predicted octanol–water partition coefficient (Wildman–Crippen LogP) is 4.31. The van der Waals surface area contributed by atoms with Crippen molar-refractivity contribution in [2.45, 2.75) is 19.4 Å². The molecule has 148 valence electrons. The summed E-state index contributed by atoms with van der Waals surface area (Å²) < 4.78 is 11.3. The fourth-order valence-corrected chi connectivity index (χ4v) is 4.96. The van der Waals surface area contributed by atoms with Crippen molar-refractivity contribution in [3.05, 3.63) is 62.6 Å². The molecule has 3 aromatic rings. The second-order valence-electron chi connectivity index (χ2n) is 7.05. The zero-order valence-corrected chi connectivity index (χ0v) is 17.2. The van der Waals surface area contributed by atoms with Crippen LogP contribution in [0.5, 0.6) is 11.5 Å². The highest BCUT2D eigenvalue weighted by Crippen LogP contribution is 2.38. The van der Waals surface area contributed by atoms with Gasteiger partial charge in [-0.05, 0) is 23.3 Å². The lowest BCUT2D eigenvalue weighted by Crippen LogP contribution is -2.22. The molecule has 0 unspecified atom stereocenters. The van der Waals surface area contributed by atoms with Gasteiger partial charge in [0.15, 0.2) is 22.3 Å². The van der Waals surface area contributed by atoms with Gasteiger partial charge in [0.05, 0.1) is 10.7 Å². The maximum atomic E-state index is 12.9. The van der Waals surface area contributed by atoms with Crippen molar-refractivity contribution in [1.82, 2.24) is 10.3 Å². The van der Waals surface area contributed by atoms with Crippen molar-refractivity contribution >= 4 is 28.7 Å². The number of nitrogens with zero attached hydrogens (tertiary/aromatic N) is 1. The Bertz CT molecular complexity index is 1070. The first-order chi connectivity index (χ1) is 14.2. The highest BCUT2D eigenvalue weighted by molar-refractivity contribution is 7.13. The molecule has 0 amide bonds. The van der Waals surface area contributed by atoms with Gasteiger partial charge in [0, 0.05) is 36.4 Å². The fourth-order valence-electron chi connectivity index (χ4n) is 3.64. The third-order valence-corrected chi connectivity index (χ3v) is 6.71. The van der Waals surface area contributed by atoms with Crippen LogP contribution in [0.2, 0.25) is 5.02 Å². The third-order valence-electron chi connectivity index (χ3n) is 5.12. The summed E-state index contributed by atoms with van der Waals surface area (Å²) in [4.78, 5) is 18.6. The van der Waals surface area contributed by atoms with E-state index >= 15 is 0 Å². The zero-order chi connectivity index (χ0) is 19.8. The van der Waals surface area contributed by atoms with Crippen molar-refractivity contribution in [2.24, 2.45) is 0 Å². The van der Waals surface area contributed by atoms with Gasteiger partial charge in [0.25, 0.3) is 0 Å². The van der Waals surface area contributed by atoms with E-state index in [-0.39, 0.29) is 12.2 Å². The van der Waals surface area contributed by atoms with Gasteiger partial charge in [0.1, 0.15) is 13.2 Å². The molecule has 0 saturated carbocycles. The number of thiazole rings is 1. The van der Waals surface area contributed by atoms with Crippen LogP contribution in [0.1, 0.15) is 25.9 Å². The summed E-state index contributed by atoms with van der Waals surface area (Å²) in [6.07, 6.45) is 1.11. The molecular weight excluding hydrogens is 408 g/mol. The van der Waals surface area contributed by atoms with Crippen LogP contribution in [0.15, 0.2) is 36.4 Å². The minimum atomic E-state index is 0.00521. The number of ketones is 1. The molecule has 0 atom stereocenters. The van der Waals surface area contributed by atoms with Crippen molar-refractivity contribution in [2.75, 3.05) is 19.8 Å². The van der Waals surface area contributed by atoms with E-state index in [1.54, 1.807) is 0 Å². The molecule has 2 aliphatic heterocycles. The SMILES string of the molecule is O=C(Cc1cccc(-c2ccc3c(c2)OCCO3)c1Cl)c1nc2c(s1)CNCC2. The van der Waals surface area contributed by atoms with Crippen molar-refractivity contribution in [3.63, 3.8) is 0 Å². The average molecular weight is 427 g/mol. The van der Waals surface area contributed by atoms with E-state index in [1.807, 2.05) is 36.4 Å². The van der Waals surface area contributed by atoms with E-state index in [9.17, 15) is 4.79 Å². The molecule has 2 aromatic carbocycles. The topological polar surface area (TPSA) is 60.5 Å². The lowest BCUT2D eigenvalue weighted by atomic mass is 10.00. The molecule has 5 nitrogen and oxygen atoms in total. The van der Waals surface area contributed by atoms with Crippen LogP contribution in [0.4, 0.5) is 0 Å². The van der Waals surface area contributed by atoms with E-state index in [2.05, 4.69) is 10.3 Å². The Morgan fingerprint density at radius 1 is 1.17 bits per heavy atom. The number of Topliss-reactive ketones (excluding diaryl/α,β-unsaturated/α-hetero) is 1. The van der Waals surface area contributed by atoms with Crippen LogP contribution in [0.25, 0.3) is 11.1 Å². The van der Waals surface area contributed by atoms with E-state index in [1.165, 1.54) is 11.3 Å². The number of halogens is 1. The summed E-state index contributed by atoms with van der Waals surface area (Å²) in [5.74, 6) is 1.46. The molecule has 1 N–H and O–H groups in total. The molecule has 0 fully saturated rings. The van der Waals surface area contributed by atoms with Gasteiger partial charge in [-0.15, -0.1) is 11.3 Å². The molecule has 29 heavy (non-hydrogen) atoms. The number of carbonyl (C=O) groups is 1. The van der Waals surface area contributed by atoms with Crippen molar-refractivity contribution in [3.8, 4) is 22.6 Å². The number of ether oxygens (including phenoxy) is 2. The highest BCUT2D eigenvalue weighted by Gasteiger charge is 2.21. The maximum absolute atomic E-state index is 12.9. The largest absolute Gasteiger partial charge is 0.486 e. The van der Waals surface area contributed by atoms with E-state index in [0.717, 1.165) is 52.5 Å². The number of benzene rings is 2. The standard InChI is InChI=1S/C22H19ClN2O3S/c23-21-14(10-17(26)22-25-16-6-7-24-12-20(16)29-22)2-1-3-15(21)13-4-5-18-19(11-13)28-9-8-27-18/h1-5,11,24H,6-10,12H2. The normalized spacial score (nSPS) is 15.1. The van der Waals surface area contributed by atoms with Crippen LogP contribution < -0.4 is 14.8 Å². The Kier molecular flexibility index (Phi) is 4.99.